The quantitative estimate of drug-likeness (QED) is 0.511. The second-order valence-electron chi connectivity index (χ2n) is 8.49. The molecule has 0 radical (unpaired) electrons. The van der Waals surface area contributed by atoms with Crippen molar-refractivity contribution < 1.29 is 18.0 Å². The highest BCUT2D eigenvalue weighted by Crippen LogP contribution is 2.38. The van der Waals surface area contributed by atoms with Crippen LogP contribution in [0.25, 0.3) is 0 Å². The molecule has 1 aromatic heterocycles. The summed E-state index contributed by atoms with van der Waals surface area (Å²) in [5, 5.41) is 11.1. The Bertz CT molecular complexity index is 1170. The first-order valence-corrected chi connectivity index (χ1v) is 12.1. The molecular formula is C24H22ClF3N4OS. The van der Waals surface area contributed by atoms with Crippen LogP contribution in [0.2, 0.25) is 5.02 Å². The fraction of sp³-hybridized carbons (Fsp3) is 0.375. The topological polar surface area (TPSA) is 60.2 Å². The number of carbonyl (C=O) groups is 1. The Kier molecular flexibility index (Phi) is 7.01. The van der Waals surface area contributed by atoms with Crippen LogP contribution in [0.15, 0.2) is 52.4 Å². The van der Waals surface area contributed by atoms with Gasteiger partial charge >= 0.3 is 6.18 Å². The van der Waals surface area contributed by atoms with Crippen LogP contribution in [0.5, 0.6) is 0 Å². The summed E-state index contributed by atoms with van der Waals surface area (Å²) in [6.45, 7) is 2.72. The lowest BCUT2D eigenvalue weighted by Crippen LogP contribution is -2.41. The van der Waals surface area contributed by atoms with E-state index < -0.39 is 11.7 Å². The summed E-state index contributed by atoms with van der Waals surface area (Å²) in [5.74, 6) is -0.207. The molecule has 0 spiro atoms. The summed E-state index contributed by atoms with van der Waals surface area (Å²) < 4.78 is 41.4. The maximum absolute atomic E-state index is 13.8. The normalized spacial score (nSPS) is 20.5. The van der Waals surface area contributed by atoms with Crippen molar-refractivity contribution in [2.75, 3.05) is 24.5 Å². The van der Waals surface area contributed by atoms with Crippen molar-refractivity contribution in [3.8, 4) is 6.07 Å². The smallest absolute Gasteiger partial charge is 0.362 e. The van der Waals surface area contributed by atoms with Gasteiger partial charge in [0.2, 0.25) is 0 Å². The van der Waals surface area contributed by atoms with E-state index in [2.05, 4.69) is 4.98 Å². The number of aromatic nitrogens is 1. The molecule has 5 nitrogen and oxygen atoms in total. The summed E-state index contributed by atoms with van der Waals surface area (Å²) in [6.07, 6.45) is -0.602. The third-order valence-corrected chi connectivity index (χ3v) is 7.02. The van der Waals surface area contributed by atoms with Gasteiger partial charge in [-0.15, -0.1) is 11.3 Å². The molecule has 34 heavy (non-hydrogen) atoms. The lowest BCUT2D eigenvalue weighted by atomic mass is 9.90. The van der Waals surface area contributed by atoms with Crippen molar-refractivity contribution in [3.05, 3.63) is 68.7 Å². The molecule has 4 rings (SSSR count). The van der Waals surface area contributed by atoms with Crippen LogP contribution in [0.3, 0.4) is 0 Å². The Labute approximate surface area is 204 Å². The zero-order chi connectivity index (χ0) is 24.5. The predicted molar refractivity (Wildman–Crippen MR) is 126 cm³/mol. The second-order valence-corrected chi connectivity index (χ2v) is 9.62. The zero-order valence-corrected chi connectivity index (χ0v) is 19.9. The number of nitriles is 1. The van der Waals surface area contributed by atoms with E-state index in [0.717, 1.165) is 0 Å². The first kappa shape index (κ1) is 24.3. The molecule has 1 unspecified atom stereocenters. The number of nitrogens with zero attached hydrogens (tertiary/aromatic N) is 4. The number of allylic oxidation sites excluding steroid dienone is 2. The molecule has 1 saturated heterocycles. The van der Waals surface area contributed by atoms with Crippen LogP contribution in [-0.2, 0) is 0 Å². The van der Waals surface area contributed by atoms with Gasteiger partial charge in [0, 0.05) is 36.7 Å². The average molecular weight is 507 g/mol. The first-order valence-electron chi connectivity index (χ1n) is 10.8. The van der Waals surface area contributed by atoms with Crippen LogP contribution in [-0.4, -0.2) is 47.6 Å². The number of benzene rings is 1. The molecule has 1 amide bonds. The number of amides is 1. The molecule has 1 aliphatic carbocycles. The molecule has 2 aliphatic rings. The summed E-state index contributed by atoms with van der Waals surface area (Å²) in [7, 11) is 0. The third kappa shape index (κ3) is 5.13. The molecule has 1 fully saturated rings. The van der Waals surface area contributed by atoms with E-state index in [1.54, 1.807) is 40.1 Å². The van der Waals surface area contributed by atoms with Crippen LogP contribution < -0.4 is 4.90 Å². The number of rotatable bonds is 5. The van der Waals surface area contributed by atoms with Crippen molar-refractivity contribution in [3.63, 3.8) is 0 Å². The number of hydrogen-bond acceptors (Lipinski definition) is 5. The van der Waals surface area contributed by atoms with E-state index in [1.807, 2.05) is 17.9 Å². The molecule has 0 bridgehead atoms. The van der Waals surface area contributed by atoms with Gasteiger partial charge < -0.3 is 9.80 Å². The molecule has 178 valence electrons. The molecule has 10 heteroatoms. The van der Waals surface area contributed by atoms with Crippen LogP contribution >= 0.6 is 22.9 Å². The van der Waals surface area contributed by atoms with Crippen LogP contribution in [0.4, 0.5) is 18.9 Å². The standard InChI is InChI=1S/C24H22ClF3N4OS/c1-15-2-5-20(24(26,27)28)17(8-15)11-32(18-4-3-16(10-29)21(25)9-18)19-6-7-31(12-19)23(33)22-13-34-14-30-22/h3-5,8-9,13-15,19H,2,6-7,11-12H2,1H3/t15?,19-/m0/s1. The maximum atomic E-state index is 13.8. The Hall–Kier alpha value is -2.83. The van der Waals surface area contributed by atoms with Gasteiger partial charge in [0.25, 0.3) is 5.91 Å². The Morgan fingerprint density at radius 2 is 2.21 bits per heavy atom. The van der Waals surface area contributed by atoms with E-state index in [9.17, 15) is 23.2 Å². The van der Waals surface area contributed by atoms with E-state index in [0.29, 0.717) is 42.9 Å². The monoisotopic (exact) mass is 506 g/mol. The lowest BCUT2D eigenvalue weighted by Gasteiger charge is -2.34. The third-order valence-electron chi connectivity index (χ3n) is 6.12. The molecule has 1 aromatic carbocycles. The minimum Gasteiger partial charge on any atom is -0.362 e. The molecular weight excluding hydrogens is 485 g/mol. The summed E-state index contributed by atoms with van der Waals surface area (Å²) in [4.78, 5) is 20.4. The van der Waals surface area contributed by atoms with Crippen LogP contribution in [0.1, 0.15) is 35.8 Å². The molecule has 2 atom stereocenters. The van der Waals surface area contributed by atoms with E-state index in [1.165, 1.54) is 17.4 Å². The SMILES string of the molecule is CC1C=C(CN(c2ccc(C#N)c(Cl)c2)[C@H]2CCN(C(=O)c3cscn3)C2)C(C(F)(F)F)=CC1. The number of hydrogen-bond donors (Lipinski definition) is 0. The first-order chi connectivity index (χ1) is 16.2. The minimum absolute atomic E-state index is 0.0150. The van der Waals surface area contributed by atoms with E-state index >= 15 is 0 Å². The highest BCUT2D eigenvalue weighted by Gasteiger charge is 2.39. The van der Waals surface area contributed by atoms with Crippen molar-refractivity contribution in [2.24, 2.45) is 5.92 Å². The van der Waals surface area contributed by atoms with Crippen molar-refractivity contribution >= 4 is 34.5 Å². The van der Waals surface area contributed by atoms with Gasteiger partial charge in [-0.05, 0) is 42.5 Å². The van der Waals surface area contributed by atoms with Gasteiger partial charge in [0.1, 0.15) is 11.8 Å². The molecule has 2 heterocycles. The second kappa shape index (κ2) is 9.80. The largest absolute Gasteiger partial charge is 0.416 e. The fourth-order valence-corrected chi connectivity index (χ4v) is 5.16. The summed E-state index contributed by atoms with van der Waals surface area (Å²) in [5.41, 5.74) is 2.44. The number of anilines is 1. The van der Waals surface area contributed by atoms with Gasteiger partial charge in [-0.1, -0.05) is 30.7 Å². The number of halogens is 4. The molecule has 2 aromatic rings. The van der Waals surface area contributed by atoms with Gasteiger partial charge in [-0.25, -0.2) is 4.98 Å². The number of likely N-dealkylation sites (tertiary alicyclic amines) is 1. The number of thiazole rings is 1. The average Bonchev–Trinajstić information content (AvgIpc) is 3.49. The van der Waals surface area contributed by atoms with E-state index in [-0.39, 0.29) is 35.0 Å². The van der Waals surface area contributed by atoms with Gasteiger partial charge in [0.05, 0.1) is 21.7 Å². The fourth-order valence-electron chi connectivity index (χ4n) is 4.42. The lowest BCUT2D eigenvalue weighted by molar-refractivity contribution is -0.0900. The van der Waals surface area contributed by atoms with Gasteiger partial charge in [0.15, 0.2) is 0 Å². The number of alkyl halides is 3. The highest BCUT2D eigenvalue weighted by molar-refractivity contribution is 7.07. The molecule has 0 saturated carbocycles. The number of carbonyl (C=O) groups excluding carboxylic acids is 1. The van der Waals surface area contributed by atoms with Crippen molar-refractivity contribution in [2.45, 2.75) is 32.0 Å². The highest BCUT2D eigenvalue weighted by atomic mass is 35.5. The minimum atomic E-state index is -4.46. The summed E-state index contributed by atoms with van der Waals surface area (Å²) >= 11 is 7.60. The van der Waals surface area contributed by atoms with Gasteiger partial charge in [-0.2, -0.15) is 18.4 Å². The molecule has 1 aliphatic heterocycles. The maximum Gasteiger partial charge on any atom is 0.416 e. The summed E-state index contributed by atoms with van der Waals surface area (Å²) in [6, 6.07) is 6.65. The Morgan fingerprint density at radius 1 is 1.41 bits per heavy atom. The zero-order valence-electron chi connectivity index (χ0n) is 18.3. The Morgan fingerprint density at radius 3 is 2.85 bits per heavy atom. The molecule has 0 N–H and O–H groups in total. The van der Waals surface area contributed by atoms with Crippen molar-refractivity contribution in [1.29, 1.82) is 5.26 Å². The predicted octanol–water partition coefficient (Wildman–Crippen LogP) is 5.84. The van der Waals surface area contributed by atoms with E-state index in [4.69, 9.17) is 11.6 Å². The van der Waals surface area contributed by atoms with Crippen molar-refractivity contribution in [1.82, 2.24) is 9.88 Å². The Balaban J connectivity index is 1.65. The van der Waals surface area contributed by atoms with Gasteiger partial charge in [-0.3, -0.25) is 4.79 Å². The van der Waals surface area contributed by atoms with Crippen LogP contribution in [0, 0.1) is 17.2 Å².